The predicted molar refractivity (Wildman–Crippen MR) is 96.3 cm³/mol. The van der Waals surface area contributed by atoms with Crippen LogP contribution in [0.2, 0.25) is 0 Å². The molecule has 0 spiro atoms. The summed E-state index contributed by atoms with van der Waals surface area (Å²) in [5, 5.41) is 4.23. The largest absolute Gasteiger partial charge is 0.497 e. The van der Waals surface area contributed by atoms with Gasteiger partial charge in [-0.05, 0) is 43.3 Å². The summed E-state index contributed by atoms with van der Waals surface area (Å²) < 4.78 is 6.24. The fraction of sp³-hybridized carbons (Fsp3) is 0.118. The van der Waals surface area contributed by atoms with Gasteiger partial charge in [0.05, 0.1) is 12.8 Å². The number of aryl methyl sites for hydroxylation is 1. The van der Waals surface area contributed by atoms with Crippen molar-refractivity contribution in [3.8, 4) is 17.0 Å². The molecule has 1 aromatic heterocycles. The highest BCUT2D eigenvalue weighted by Gasteiger charge is 2.10. The van der Waals surface area contributed by atoms with E-state index in [4.69, 9.17) is 9.72 Å². The van der Waals surface area contributed by atoms with Crippen molar-refractivity contribution in [3.63, 3.8) is 0 Å². The van der Waals surface area contributed by atoms with Crippen molar-refractivity contribution in [1.29, 1.82) is 0 Å². The highest BCUT2D eigenvalue weighted by atomic mass is 79.9. The SMILES string of the molecule is COc1ccc(Nc2nc(-c3ccc(Br)cc3)c(C)s2)cc1. The Kier molecular flexibility index (Phi) is 4.45. The topological polar surface area (TPSA) is 34.1 Å². The first kappa shape index (κ1) is 15.1. The van der Waals surface area contributed by atoms with E-state index in [-0.39, 0.29) is 0 Å². The highest BCUT2D eigenvalue weighted by Crippen LogP contribution is 2.32. The number of rotatable bonds is 4. The van der Waals surface area contributed by atoms with Crippen LogP contribution in [-0.4, -0.2) is 12.1 Å². The quantitative estimate of drug-likeness (QED) is 0.641. The average Bonchev–Trinajstić information content (AvgIpc) is 2.89. The van der Waals surface area contributed by atoms with E-state index < -0.39 is 0 Å². The van der Waals surface area contributed by atoms with E-state index in [0.717, 1.165) is 32.3 Å². The fourth-order valence-corrected chi connectivity index (χ4v) is 3.24. The Hall–Kier alpha value is -1.85. The third-order valence-electron chi connectivity index (χ3n) is 3.26. The van der Waals surface area contributed by atoms with Crippen LogP contribution in [0.4, 0.5) is 10.8 Å². The molecular weight excluding hydrogens is 360 g/mol. The first-order valence-corrected chi connectivity index (χ1v) is 8.41. The standard InChI is InChI=1S/C17H15BrN2OS/c1-11-16(12-3-5-13(18)6-4-12)20-17(22-11)19-14-7-9-15(21-2)10-8-14/h3-10H,1-2H3,(H,19,20). The monoisotopic (exact) mass is 374 g/mol. The maximum absolute atomic E-state index is 5.17. The molecule has 0 saturated heterocycles. The summed E-state index contributed by atoms with van der Waals surface area (Å²) in [5.41, 5.74) is 3.14. The highest BCUT2D eigenvalue weighted by molar-refractivity contribution is 9.10. The maximum atomic E-state index is 5.17. The van der Waals surface area contributed by atoms with Crippen LogP contribution in [0.3, 0.4) is 0 Å². The van der Waals surface area contributed by atoms with Crippen LogP contribution in [0.1, 0.15) is 4.88 Å². The second-order valence-corrected chi connectivity index (χ2v) is 6.90. The van der Waals surface area contributed by atoms with Gasteiger partial charge in [0.25, 0.3) is 0 Å². The zero-order chi connectivity index (χ0) is 15.5. The normalized spacial score (nSPS) is 10.5. The van der Waals surface area contributed by atoms with Crippen molar-refractivity contribution in [3.05, 3.63) is 57.9 Å². The molecule has 0 radical (unpaired) electrons. The summed E-state index contributed by atoms with van der Waals surface area (Å²) >= 11 is 5.11. The third-order valence-corrected chi connectivity index (χ3v) is 4.67. The number of halogens is 1. The summed E-state index contributed by atoms with van der Waals surface area (Å²) in [6.07, 6.45) is 0. The Morgan fingerprint density at radius 1 is 1.05 bits per heavy atom. The number of benzene rings is 2. The number of ether oxygens (including phenoxy) is 1. The predicted octanol–water partition coefficient (Wildman–Crippen LogP) is 5.63. The molecule has 1 heterocycles. The third kappa shape index (κ3) is 3.31. The van der Waals surface area contributed by atoms with Crippen molar-refractivity contribution >= 4 is 38.1 Å². The molecule has 1 N–H and O–H groups in total. The maximum Gasteiger partial charge on any atom is 0.187 e. The van der Waals surface area contributed by atoms with Crippen molar-refractivity contribution in [2.75, 3.05) is 12.4 Å². The van der Waals surface area contributed by atoms with Gasteiger partial charge in [0.2, 0.25) is 0 Å². The van der Waals surface area contributed by atoms with E-state index in [2.05, 4.69) is 40.3 Å². The first-order valence-electron chi connectivity index (χ1n) is 6.80. The molecule has 22 heavy (non-hydrogen) atoms. The Morgan fingerprint density at radius 3 is 2.36 bits per heavy atom. The van der Waals surface area contributed by atoms with E-state index in [1.54, 1.807) is 18.4 Å². The molecule has 2 aromatic carbocycles. The number of anilines is 2. The van der Waals surface area contributed by atoms with Gasteiger partial charge < -0.3 is 10.1 Å². The van der Waals surface area contributed by atoms with Crippen molar-refractivity contribution in [2.45, 2.75) is 6.92 Å². The lowest BCUT2D eigenvalue weighted by Crippen LogP contribution is -1.90. The summed E-state index contributed by atoms with van der Waals surface area (Å²) in [6.45, 7) is 2.09. The minimum atomic E-state index is 0.844. The van der Waals surface area contributed by atoms with E-state index in [1.165, 1.54) is 4.88 Å². The van der Waals surface area contributed by atoms with Crippen molar-refractivity contribution < 1.29 is 4.74 Å². The van der Waals surface area contributed by atoms with Gasteiger partial charge in [0.15, 0.2) is 5.13 Å². The summed E-state index contributed by atoms with van der Waals surface area (Å²) in [4.78, 5) is 5.90. The second kappa shape index (κ2) is 6.50. The van der Waals surface area contributed by atoms with Gasteiger partial charge >= 0.3 is 0 Å². The van der Waals surface area contributed by atoms with Crippen molar-refractivity contribution in [1.82, 2.24) is 4.98 Å². The molecule has 0 aliphatic rings. The van der Waals surface area contributed by atoms with Crippen LogP contribution in [0.15, 0.2) is 53.0 Å². The van der Waals surface area contributed by atoms with Gasteiger partial charge in [-0.2, -0.15) is 0 Å². The molecule has 112 valence electrons. The Labute approximate surface area is 142 Å². The molecule has 0 aliphatic carbocycles. The van der Waals surface area contributed by atoms with E-state index >= 15 is 0 Å². The number of hydrogen-bond acceptors (Lipinski definition) is 4. The molecular formula is C17H15BrN2OS. The molecule has 0 fully saturated rings. The zero-order valence-corrected chi connectivity index (χ0v) is 14.7. The number of nitrogens with zero attached hydrogens (tertiary/aromatic N) is 1. The van der Waals surface area contributed by atoms with Gasteiger partial charge in [0, 0.05) is 20.6 Å². The second-order valence-electron chi connectivity index (χ2n) is 4.78. The van der Waals surface area contributed by atoms with Crippen LogP contribution >= 0.6 is 27.3 Å². The molecule has 0 unspecified atom stereocenters. The number of aromatic nitrogens is 1. The van der Waals surface area contributed by atoms with Crippen LogP contribution in [0.5, 0.6) is 5.75 Å². The molecule has 0 bridgehead atoms. The molecule has 0 atom stereocenters. The number of nitrogens with one attached hydrogen (secondary N) is 1. The molecule has 0 saturated carbocycles. The van der Waals surface area contributed by atoms with Crippen LogP contribution in [0.25, 0.3) is 11.3 Å². The van der Waals surface area contributed by atoms with Gasteiger partial charge in [-0.1, -0.05) is 28.1 Å². The van der Waals surface area contributed by atoms with Crippen LogP contribution in [0, 0.1) is 6.92 Å². The van der Waals surface area contributed by atoms with Crippen LogP contribution < -0.4 is 10.1 Å². The van der Waals surface area contributed by atoms with Gasteiger partial charge in [-0.3, -0.25) is 0 Å². The molecule has 3 rings (SSSR count). The summed E-state index contributed by atoms with van der Waals surface area (Å²) in [7, 11) is 1.66. The Balaban J connectivity index is 1.83. The molecule has 0 amide bonds. The van der Waals surface area contributed by atoms with Gasteiger partial charge in [-0.15, -0.1) is 11.3 Å². The van der Waals surface area contributed by atoms with Crippen LogP contribution in [-0.2, 0) is 0 Å². The molecule has 3 aromatic rings. The Morgan fingerprint density at radius 2 is 1.73 bits per heavy atom. The van der Waals surface area contributed by atoms with E-state index in [1.807, 2.05) is 36.4 Å². The average molecular weight is 375 g/mol. The fourth-order valence-electron chi connectivity index (χ4n) is 2.12. The lowest BCUT2D eigenvalue weighted by molar-refractivity contribution is 0.415. The minimum Gasteiger partial charge on any atom is -0.497 e. The number of thiazole rings is 1. The zero-order valence-electron chi connectivity index (χ0n) is 12.3. The van der Waals surface area contributed by atoms with E-state index in [9.17, 15) is 0 Å². The minimum absolute atomic E-state index is 0.844. The Bertz CT molecular complexity index is 766. The number of methoxy groups -OCH3 is 1. The first-order chi connectivity index (χ1) is 10.7. The number of hydrogen-bond donors (Lipinski definition) is 1. The lowest BCUT2D eigenvalue weighted by Gasteiger charge is -2.04. The smallest absolute Gasteiger partial charge is 0.187 e. The molecule has 3 nitrogen and oxygen atoms in total. The van der Waals surface area contributed by atoms with Gasteiger partial charge in [0.1, 0.15) is 5.75 Å². The van der Waals surface area contributed by atoms with Gasteiger partial charge in [-0.25, -0.2) is 4.98 Å². The van der Waals surface area contributed by atoms with E-state index in [0.29, 0.717) is 0 Å². The molecule has 5 heteroatoms. The molecule has 0 aliphatic heterocycles. The van der Waals surface area contributed by atoms with Crippen molar-refractivity contribution in [2.24, 2.45) is 0 Å². The lowest BCUT2D eigenvalue weighted by atomic mass is 10.1. The summed E-state index contributed by atoms with van der Waals surface area (Å²) in [6, 6.07) is 16.0. The summed E-state index contributed by atoms with van der Waals surface area (Å²) in [5.74, 6) is 0.844.